The molecule has 0 radical (unpaired) electrons. The Morgan fingerprint density at radius 2 is 1.27 bits per heavy atom. The Labute approximate surface area is 138 Å². The van der Waals surface area contributed by atoms with Gasteiger partial charge in [0.2, 0.25) is 0 Å². The number of unbranched alkanes of at least 4 members (excludes halogenated alkanes) is 11. The molecule has 0 aromatic carbocycles. The predicted molar refractivity (Wildman–Crippen MR) is 96.3 cm³/mol. The maximum absolute atomic E-state index is 10.5. The minimum absolute atomic E-state index is 0.444. The number of rotatable bonds is 16. The SMILES string of the molecule is CCCCCCCCCCCCCCC(C=CC(=O)O)CC. The number of carboxylic acids is 1. The van der Waals surface area contributed by atoms with Crippen LogP contribution in [0.4, 0.5) is 0 Å². The van der Waals surface area contributed by atoms with Crippen molar-refractivity contribution in [3.8, 4) is 0 Å². The zero-order valence-corrected chi connectivity index (χ0v) is 15.0. The van der Waals surface area contributed by atoms with Gasteiger partial charge in [0.05, 0.1) is 0 Å². The monoisotopic (exact) mass is 310 g/mol. The van der Waals surface area contributed by atoms with E-state index in [1.165, 1.54) is 83.1 Å². The van der Waals surface area contributed by atoms with E-state index in [4.69, 9.17) is 5.11 Å². The van der Waals surface area contributed by atoms with Gasteiger partial charge in [-0.15, -0.1) is 0 Å². The fourth-order valence-electron chi connectivity index (χ4n) is 2.90. The highest BCUT2D eigenvalue weighted by Gasteiger charge is 2.02. The van der Waals surface area contributed by atoms with E-state index >= 15 is 0 Å². The molecule has 22 heavy (non-hydrogen) atoms. The summed E-state index contributed by atoms with van der Waals surface area (Å²) in [6, 6.07) is 0. The summed E-state index contributed by atoms with van der Waals surface area (Å²) in [6.45, 7) is 4.41. The van der Waals surface area contributed by atoms with E-state index in [9.17, 15) is 4.79 Å². The lowest BCUT2D eigenvalue weighted by Crippen LogP contribution is -1.97. The summed E-state index contributed by atoms with van der Waals surface area (Å²) in [5.74, 6) is -0.382. The van der Waals surface area contributed by atoms with Gasteiger partial charge in [-0.2, -0.15) is 0 Å². The van der Waals surface area contributed by atoms with E-state index in [1.54, 1.807) is 0 Å². The zero-order chi connectivity index (χ0) is 16.5. The van der Waals surface area contributed by atoms with Crippen LogP contribution in [0.5, 0.6) is 0 Å². The van der Waals surface area contributed by atoms with E-state index in [2.05, 4.69) is 13.8 Å². The third-order valence-corrected chi connectivity index (χ3v) is 4.46. The van der Waals surface area contributed by atoms with Crippen molar-refractivity contribution in [1.82, 2.24) is 0 Å². The van der Waals surface area contributed by atoms with E-state index in [-0.39, 0.29) is 0 Å². The fraction of sp³-hybridized carbons (Fsp3) is 0.850. The standard InChI is InChI=1S/C20H38O2/c1-3-5-6-7-8-9-10-11-12-13-14-15-16-19(4-2)17-18-20(21)22/h17-19H,3-16H2,1-2H3,(H,21,22). The molecule has 1 N–H and O–H groups in total. The summed E-state index contributed by atoms with van der Waals surface area (Å²) in [5, 5.41) is 8.64. The molecule has 130 valence electrons. The normalized spacial score (nSPS) is 12.8. The Kier molecular flexibility index (Phi) is 16.0. The first-order valence-corrected chi connectivity index (χ1v) is 9.61. The molecule has 0 amide bonds. The van der Waals surface area contributed by atoms with Crippen LogP contribution < -0.4 is 0 Å². The fourth-order valence-corrected chi connectivity index (χ4v) is 2.90. The van der Waals surface area contributed by atoms with E-state index in [0.717, 1.165) is 12.8 Å². The second-order valence-electron chi connectivity index (χ2n) is 6.54. The van der Waals surface area contributed by atoms with Gasteiger partial charge in [-0.05, 0) is 18.8 Å². The summed E-state index contributed by atoms with van der Waals surface area (Å²) in [5.41, 5.74) is 0. The van der Waals surface area contributed by atoms with Crippen molar-refractivity contribution in [3.05, 3.63) is 12.2 Å². The Bertz CT molecular complexity index is 271. The minimum atomic E-state index is -0.826. The van der Waals surface area contributed by atoms with Gasteiger partial charge in [0.25, 0.3) is 0 Å². The third kappa shape index (κ3) is 15.6. The van der Waals surface area contributed by atoms with Gasteiger partial charge in [-0.1, -0.05) is 97.0 Å². The van der Waals surface area contributed by atoms with Crippen molar-refractivity contribution in [3.63, 3.8) is 0 Å². The Morgan fingerprint density at radius 1 is 0.818 bits per heavy atom. The van der Waals surface area contributed by atoms with Gasteiger partial charge < -0.3 is 5.11 Å². The van der Waals surface area contributed by atoms with E-state index in [0.29, 0.717) is 5.92 Å². The second-order valence-corrected chi connectivity index (χ2v) is 6.54. The van der Waals surface area contributed by atoms with E-state index in [1.807, 2.05) is 6.08 Å². The molecule has 0 aliphatic rings. The van der Waals surface area contributed by atoms with Crippen molar-refractivity contribution in [2.24, 2.45) is 5.92 Å². The highest BCUT2D eigenvalue weighted by molar-refractivity contribution is 5.79. The lowest BCUT2D eigenvalue weighted by molar-refractivity contribution is -0.131. The Morgan fingerprint density at radius 3 is 1.68 bits per heavy atom. The number of hydrogen-bond acceptors (Lipinski definition) is 1. The average molecular weight is 311 g/mol. The van der Waals surface area contributed by atoms with Crippen LogP contribution in [0.2, 0.25) is 0 Å². The van der Waals surface area contributed by atoms with Crippen molar-refractivity contribution in [1.29, 1.82) is 0 Å². The molecular weight excluding hydrogens is 272 g/mol. The first-order valence-electron chi connectivity index (χ1n) is 9.61. The summed E-state index contributed by atoms with van der Waals surface area (Å²) < 4.78 is 0. The third-order valence-electron chi connectivity index (χ3n) is 4.46. The van der Waals surface area contributed by atoms with Crippen LogP contribution in [-0.2, 0) is 4.79 Å². The van der Waals surface area contributed by atoms with Crippen molar-refractivity contribution in [2.75, 3.05) is 0 Å². The van der Waals surface area contributed by atoms with Gasteiger partial charge in [0.1, 0.15) is 0 Å². The largest absolute Gasteiger partial charge is 0.478 e. The number of aliphatic carboxylic acids is 1. The van der Waals surface area contributed by atoms with Crippen molar-refractivity contribution < 1.29 is 9.90 Å². The summed E-state index contributed by atoms with van der Waals surface area (Å²) >= 11 is 0. The lowest BCUT2D eigenvalue weighted by atomic mass is 9.97. The molecule has 0 saturated carbocycles. The molecule has 1 atom stereocenters. The topological polar surface area (TPSA) is 37.3 Å². The second kappa shape index (κ2) is 16.6. The molecule has 0 bridgehead atoms. The van der Waals surface area contributed by atoms with Crippen LogP contribution in [-0.4, -0.2) is 11.1 Å². The van der Waals surface area contributed by atoms with Crippen LogP contribution >= 0.6 is 0 Å². The zero-order valence-electron chi connectivity index (χ0n) is 15.0. The van der Waals surface area contributed by atoms with E-state index < -0.39 is 5.97 Å². The van der Waals surface area contributed by atoms with Crippen LogP contribution in [0, 0.1) is 5.92 Å². The van der Waals surface area contributed by atoms with Crippen molar-refractivity contribution in [2.45, 2.75) is 104 Å². The molecule has 0 aromatic heterocycles. The van der Waals surface area contributed by atoms with Gasteiger partial charge in [0, 0.05) is 6.08 Å². The smallest absolute Gasteiger partial charge is 0.327 e. The quantitative estimate of drug-likeness (QED) is 0.253. The number of carbonyl (C=O) groups is 1. The molecular formula is C20H38O2. The Hall–Kier alpha value is -0.790. The lowest BCUT2D eigenvalue weighted by Gasteiger charge is -2.09. The van der Waals surface area contributed by atoms with Gasteiger partial charge in [-0.3, -0.25) is 0 Å². The average Bonchev–Trinajstić information content (AvgIpc) is 2.51. The number of hydrogen-bond donors (Lipinski definition) is 1. The molecule has 0 fully saturated rings. The number of allylic oxidation sites excluding steroid dienone is 1. The maximum atomic E-state index is 10.5. The molecule has 1 unspecified atom stereocenters. The highest BCUT2D eigenvalue weighted by atomic mass is 16.4. The van der Waals surface area contributed by atoms with Crippen LogP contribution in [0.3, 0.4) is 0 Å². The molecule has 0 saturated heterocycles. The summed E-state index contributed by atoms with van der Waals surface area (Å²) in [6.07, 6.45) is 21.8. The molecule has 0 heterocycles. The molecule has 0 aliphatic heterocycles. The minimum Gasteiger partial charge on any atom is -0.478 e. The molecule has 0 aliphatic carbocycles. The maximum Gasteiger partial charge on any atom is 0.327 e. The molecule has 2 nitrogen and oxygen atoms in total. The van der Waals surface area contributed by atoms with Gasteiger partial charge >= 0.3 is 5.97 Å². The van der Waals surface area contributed by atoms with Crippen molar-refractivity contribution >= 4 is 5.97 Å². The van der Waals surface area contributed by atoms with Crippen LogP contribution in [0.15, 0.2) is 12.2 Å². The molecule has 0 spiro atoms. The predicted octanol–water partition coefficient (Wildman–Crippen LogP) is 6.74. The van der Waals surface area contributed by atoms with Crippen LogP contribution in [0.1, 0.15) is 104 Å². The van der Waals surface area contributed by atoms with Gasteiger partial charge in [-0.25, -0.2) is 4.79 Å². The summed E-state index contributed by atoms with van der Waals surface area (Å²) in [4.78, 5) is 10.5. The number of carboxylic acid groups (broad SMARTS) is 1. The Balaban J connectivity index is 3.30. The first kappa shape index (κ1) is 21.2. The highest BCUT2D eigenvalue weighted by Crippen LogP contribution is 2.17. The molecule has 0 rings (SSSR count). The first-order chi connectivity index (χ1) is 10.7. The van der Waals surface area contributed by atoms with Gasteiger partial charge in [0.15, 0.2) is 0 Å². The van der Waals surface area contributed by atoms with Crippen LogP contribution in [0.25, 0.3) is 0 Å². The summed E-state index contributed by atoms with van der Waals surface area (Å²) in [7, 11) is 0. The molecule has 0 aromatic rings. The molecule has 2 heteroatoms.